The Bertz CT molecular complexity index is 503. The molecule has 2 N–H and O–H groups in total. The van der Waals surface area contributed by atoms with Gasteiger partial charge in [-0.05, 0) is 31.0 Å². The highest BCUT2D eigenvalue weighted by atomic mass is 35.5. The zero-order chi connectivity index (χ0) is 14.0. The number of aliphatic carboxylic acids is 1. The third kappa shape index (κ3) is 3.26. The molecule has 0 saturated carbocycles. The molecule has 1 aliphatic rings. The second kappa shape index (κ2) is 5.61. The Kier molecular flexibility index (Phi) is 4.10. The maximum absolute atomic E-state index is 11.8. The summed E-state index contributed by atoms with van der Waals surface area (Å²) in [5.41, 5.74) is 1.04. The number of benzene rings is 1. The Labute approximate surface area is 116 Å². The number of hydrogen-bond acceptors (Lipinski definition) is 2. The molecule has 0 aliphatic carbocycles. The van der Waals surface area contributed by atoms with E-state index in [0.717, 1.165) is 5.56 Å². The molecule has 0 spiro atoms. The number of rotatable bonds is 3. The van der Waals surface area contributed by atoms with Gasteiger partial charge in [-0.2, -0.15) is 0 Å². The number of hydrogen-bond donors (Lipinski definition) is 2. The van der Waals surface area contributed by atoms with Crippen molar-refractivity contribution in [3.63, 3.8) is 0 Å². The van der Waals surface area contributed by atoms with E-state index in [0.29, 0.717) is 11.4 Å². The van der Waals surface area contributed by atoms with Crippen molar-refractivity contribution >= 4 is 23.5 Å². The first kappa shape index (κ1) is 13.9. The zero-order valence-electron chi connectivity index (χ0n) is 10.6. The molecule has 1 aliphatic heterocycles. The van der Waals surface area contributed by atoms with Gasteiger partial charge in [0.25, 0.3) is 0 Å². The quantitative estimate of drug-likeness (QED) is 0.894. The molecule has 5 heteroatoms. The predicted molar refractivity (Wildman–Crippen MR) is 72.2 cm³/mol. The van der Waals surface area contributed by atoms with Crippen LogP contribution in [0.1, 0.15) is 31.2 Å². The first-order valence-electron chi connectivity index (χ1n) is 6.25. The molecule has 2 rings (SSSR count). The summed E-state index contributed by atoms with van der Waals surface area (Å²) in [5.74, 6) is -1.49. The fourth-order valence-electron chi connectivity index (χ4n) is 2.61. The molecular weight excluding hydrogens is 266 g/mol. The summed E-state index contributed by atoms with van der Waals surface area (Å²) in [6.07, 6.45) is 0.412. The van der Waals surface area contributed by atoms with Crippen molar-refractivity contribution < 1.29 is 14.7 Å². The van der Waals surface area contributed by atoms with Crippen LogP contribution in [0, 0.1) is 5.92 Å². The van der Waals surface area contributed by atoms with Crippen LogP contribution in [-0.4, -0.2) is 23.0 Å². The molecule has 4 nitrogen and oxygen atoms in total. The van der Waals surface area contributed by atoms with E-state index in [1.165, 1.54) is 0 Å². The average molecular weight is 282 g/mol. The van der Waals surface area contributed by atoms with Gasteiger partial charge in [0, 0.05) is 22.9 Å². The Morgan fingerprint density at radius 2 is 2.26 bits per heavy atom. The molecule has 0 radical (unpaired) electrons. The lowest BCUT2D eigenvalue weighted by Crippen LogP contribution is -2.47. The standard InChI is InChI=1S/C14H16ClNO3/c1-8-12(9-3-2-4-11(15)5-9)6-10(7-13(17)18)14(19)16-8/h2-5,8,10,12H,6-7H2,1H3,(H,16,19)(H,17,18)/t8-,10-,12-/m0/s1. The Morgan fingerprint density at radius 1 is 1.53 bits per heavy atom. The number of piperidine rings is 1. The number of nitrogens with one attached hydrogen (secondary N) is 1. The maximum Gasteiger partial charge on any atom is 0.304 e. The monoisotopic (exact) mass is 281 g/mol. The number of carbonyl (C=O) groups is 2. The molecule has 1 fully saturated rings. The van der Waals surface area contributed by atoms with E-state index >= 15 is 0 Å². The van der Waals surface area contributed by atoms with Crippen LogP contribution in [0.2, 0.25) is 5.02 Å². The largest absolute Gasteiger partial charge is 0.481 e. The van der Waals surface area contributed by atoms with Gasteiger partial charge in [0.05, 0.1) is 6.42 Å². The van der Waals surface area contributed by atoms with Crippen LogP contribution < -0.4 is 5.32 Å². The normalized spacial score (nSPS) is 26.8. The van der Waals surface area contributed by atoms with Crippen LogP contribution >= 0.6 is 11.6 Å². The van der Waals surface area contributed by atoms with Gasteiger partial charge in [-0.3, -0.25) is 9.59 Å². The summed E-state index contributed by atoms with van der Waals surface area (Å²) in [6.45, 7) is 1.93. The van der Waals surface area contributed by atoms with E-state index in [2.05, 4.69) is 5.32 Å². The topological polar surface area (TPSA) is 66.4 Å². The molecule has 1 saturated heterocycles. The van der Waals surface area contributed by atoms with E-state index in [4.69, 9.17) is 16.7 Å². The van der Waals surface area contributed by atoms with Crippen molar-refractivity contribution in [2.75, 3.05) is 0 Å². The lowest BCUT2D eigenvalue weighted by Gasteiger charge is -2.34. The Hall–Kier alpha value is -1.55. The molecular formula is C14H16ClNO3. The van der Waals surface area contributed by atoms with Crippen molar-refractivity contribution in [1.29, 1.82) is 0 Å². The summed E-state index contributed by atoms with van der Waals surface area (Å²) in [4.78, 5) is 22.6. The van der Waals surface area contributed by atoms with E-state index in [9.17, 15) is 9.59 Å². The summed E-state index contributed by atoms with van der Waals surface area (Å²) < 4.78 is 0. The number of carboxylic acid groups (broad SMARTS) is 1. The molecule has 19 heavy (non-hydrogen) atoms. The lowest BCUT2D eigenvalue weighted by atomic mass is 9.79. The number of carbonyl (C=O) groups excluding carboxylic acids is 1. The highest BCUT2D eigenvalue weighted by molar-refractivity contribution is 6.30. The minimum absolute atomic E-state index is 0.0176. The number of carboxylic acids is 1. The minimum atomic E-state index is -0.945. The van der Waals surface area contributed by atoms with Gasteiger partial charge < -0.3 is 10.4 Å². The molecule has 1 heterocycles. The van der Waals surface area contributed by atoms with Gasteiger partial charge in [0.15, 0.2) is 0 Å². The third-order valence-corrected chi connectivity index (χ3v) is 3.82. The average Bonchev–Trinajstić information content (AvgIpc) is 2.32. The van der Waals surface area contributed by atoms with Gasteiger partial charge in [-0.25, -0.2) is 0 Å². The molecule has 1 amide bonds. The number of amides is 1. The smallest absolute Gasteiger partial charge is 0.304 e. The van der Waals surface area contributed by atoms with E-state index in [1.807, 2.05) is 25.1 Å². The van der Waals surface area contributed by atoms with Gasteiger partial charge in [-0.1, -0.05) is 23.7 Å². The third-order valence-electron chi connectivity index (χ3n) is 3.58. The fraction of sp³-hybridized carbons (Fsp3) is 0.429. The Morgan fingerprint density at radius 3 is 2.89 bits per heavy atom. The lowest BCUT2D eigenvalue weighted by molar-refractivity contribution is -0.142. The summed E-state index contributed by atoms with van der Waals surface area (Å²) in [6, 6.07) is 7.48. The second-order valence-corrected chi connectivity index (χ2v) is 5.43. The summed E-state index contributed by atoms with van der Waals surface area (Å²) >= 11 is 5.98. The van der Waals surface area contributed by atoms with Crippen molar-refractivity contribution in [2.24, 2.45) is 5.92 Å². The van der Waals surface area contributed by atoms with Crippen LogP contribution in [0.5, 0.6) is 0 Å². The van der Waals surface area contributed by atoms with Crippen molar-refractivity contribution in [3.05, 3.63) is 34.9 Å². The highest BCUT2D eigenvalue weighted by Crippen LogP contribution is 2.33. The molecule has 0 bridgehead atoms. The predicted octanol–water partition coefficient (Wildman–Crippen LogP) is 2.42. The highest BCUT2D eigenvalue weighted by Gasteiger charge is 2.35. The van der Waals surface area contributed by atoms with E-state index in [1.54, 1.807) is 6.07 Å². The molecule has 3 atom stereocenters. The van der Waals surface area contributed by atoms with Crippen molar-refractivity contribution in [2.45, 2.75) is 31.7 Å². The molecule has 0 aromatic heterocycles. The summed E-state index contributed by atoms with van der Waals surface area (Å²) in [5, 5.41) is 12.4. The minimum Gasteiger partial charge on any atom is -0.481 e. The van der Waals surface area contributed by atoms with Crippen molar-refractivity contribution in [1.82, 2.24) is 5.32 Å². The first-order chi connectivity index (χ1) is 8.97. The molecule has 1 aromatic carbocycles. The SMILES string of the molecule is C[C@@H]1NC(=O)[C@H](CC(=O)O)C[C@@H]1c1cccc(Cl)c1. The van der Waals surface area contributed by atoms with Crippen molar-refractivity contribution in [3.8, 4) is 0 Å². The maximum atomic E-state index is 11.8. The van der Waals surface area contributed by atoms with Gasteiger partial charge in [0.1, 0.15) is 0 Å². The number of halogens is 1. The van der Waals surface area contributed by atoms with E-state index in [-0.39, 0.29) is 24.3 Å². The molecule has 0 unspecified atom stereocenters. The zero-order valence-corrected chi connectivity index (χ0v) is 11.4. The van der Waals surface area contributed by atoms with Crippen LogP contribution in [-0.2, 0) is 9.59 Å². The van der Waals surface area contributed by atoms with Gasteiger partial charge in [0.2, 0.25) is 5.91 Å². The fourth-order valence-corrected chi connectivity index (χ4v) is 2.81. The van der Waals surface area contributed by atoms with Crippen LogP contribution in [0.25, 0.3) is 0 Å². The van der Waals surface area contributed by atoms with Crippen LogP contribution in [0.15, 0.2) is 24.3 Å². The van der Waals surface area contributed by atoms with Gasteiger partial charge >= 0.3 is 5.97 Å². The Balaban J connectivity index is 2.20. The van der Waals surface area contributed by atoms with Crippen LogP contribution in [0.3, 0.4) is 0 Å². The molecule has 1 aromatic rings. The first-order valence-corrected chi connectivity index (χ1v) is 6.63. The molecule has 102 valence electrons. The van der Waals surface area contributed by atoms with Gasteiger partial charge in [-0.15, -0.1) is 0 Å². The second-order valence-electron chi connectivity index (χ2n) is 4.99. The van der Waals surface area contributed by atoms with Crippen LogP contribution in [0.4, 0.5) is 0 Å². The summed E-state index contributed by atoms with van der Waals surface area (Å²) in [7, 11) is 0. The van der Waals surface area contributed by atoms with E-state index < -0.39 is 11.9 Å².